The van der Waals surface area contributed by atoms with E-state index in [9.17, 15) is 5.11 Å². The Balaban J connectivity index is 1.57. The molecule has 0 bridgehead atoms. The van der Waals surface area contributed by atoms with Gasteiger partial charge in [0, 0.05) is 13.2 Å². The lowest BCUT2D eigenvalue weighted by Gasteiger charge is -2.38. The van der Waals surface area contributed by atoms with Crippen molar-refractivity contribution >= 4 is 0 Å². The first-order valence-corrected chi connectivity index (χ1v) is 13.9. The highest BCUT2D eigenvalue weighted by Gasteiger charge is 2.64. The van der Waals surface area contributed by atoms with Crippen molar-refractivity contribution in [2.45, 2.75) is 137 Å². The molecular formula is C30H56O3. The predicted octanol–water partition coefficient (Wildman–Crippen LogP) is 7.95. The Morgan fingerprint density at radius 2 is 1.64 bits per heavy atom. The Morgan fingerprint density at radius 3 is 2.30 bits per heavy atom. The van der Waals surface area contributed by atoms with Crippen LogP contribution in [0.5, 0.6) is 0 Å². The molecule has 0 aromatic heterocycles. The van der Waals surface area contributed by atoms with E-state index >= 15 is 0 Å². The van der Waals surface area contributed by atoms with Gasteiger partial charge in [0.2, 0.25) is 0 Å². The van der Waals surface area contributed by atoms with Crippen molar-refractivity contribution in [2.24, 2.45) is 29.1 Å². The molecule has 6 atom stereocenters. The molecule has 0 spiro atoms. The Hall–Kier alpha value is -0.380. The lowest BCUT2D eigenvalue weighted by molar-refractivity contribution is -0.136. The molecule has 1 N–H and O–H groups in total. The van der Waals surface area contributed by atoms with E-state index in [1.807, 2.05) is 0 Å². The second-order valence-electron chi connectivity index (χ2n) is 13.3. The van der Waals surface area contributed by atoms with Crippen LogP contribution in [0.25, 0.3) is 0 Å². The lowest BCUT2D eigenvalue weighted by atomic mass is 9.83. The standard InChI is InChI=1S/C30H56O3/c1-22(2)12-10-13-23(3)15-18-32-28(5,6)17-11-14-24(4)16-19-33-30(9)21-26-25(20-27(30)31)29(26,7)8/h12,23-27,31H,10-11,13-21H2,1-9H3/t23?,24?,25-,26+,27-,30?/m1/s1. The zero-order valence-corrected chi connectivity index (χ0v) is 23.5. The molecule has 2 aliphatic carbocycles. The molecule has 2 aliphatic rings. The van der Waals surface area contributed by atoms with Crippen molar-refractivity contribution in [3.63, 3.8) is 0 Å². The predicted molar refractivity (Wildman–Crippen MR) is 140 cm³/mol. The summed E-state index contributed by atoms with van der Waals surface area (Å²) < 4.78 is 12.6. The lowest BCUT2D eigenvalue weighted by Crippen LogP contribution is -2.45. The molecule has 0 saturated heterocycles. The van der Waals surface area contributed by atoms with Crippen LogP contribution in [-0.4, -0.2) is 35.6 Å². The molecule has 3 unspecified atom stereocenters. The van der Waals surface area contributed by atoms with Crippen molar-refractivity contribution in [1.29, 1.82) is 0 Å². The number of fused-ring (bicyclic) bond motifs is 1. The van der Waals surface area contributed by atoms with Gasteiger partial charge in [0.15, 0.2) is 0 Å². The average molecular weight is 465 g/mol. The van der Waals surface area contributed by atoms with Crippen molar-refractivity contribution in [3.8, 4) is 0 Å². The number of aliphatic hydroxyl groups excluding tert-OH is 1. The average Bonchev–Trinajstić information content (AvgIpc) is 3.19. The van der Waals surface area contributed by atoms with Crippen LogP contribution in [0.3, 0.4) is 0 Å². The van der Waals surface area contributed by atoms with Crippen LogP contribution < -0.4 is 0 Å². The molecule has 33 heavy (non-hydrogen) atoms. The van der Waals surface area contributed by atoms with Gasteiger partial charge in [-0.1, -0.05) is 52.2 Å². The van der Waals surface area contributed by atoms with Gasteiger partial charge in [0.25, 0.3) is 0 Å². The van der Waals surface area contributed by atoms with Crippen molar-refractivity contribution in [3.05, 3.63) is 11.6 Å². The fraction of sp³-hybridized carbons (Fsp3) is 0.933. The molecule has 0 radical (unpaired) electrons. The largest absolute Gasteiger partial charge is 0.390 e. The van der Waals surface area contributed by atoms with Gasteiger partial charge in [0.05, 0.1) is 17.3 Å². The number of aliphatic hydroxyl groups is 1. The fourth-order valence-corrected chi connectivity index (χ4v) is 5.87. The molecule has 0 aromatic rings. The van der Waals surface area contributed by atoms with Crippen LogP contribution in [0.1, 0.15) is 120 Å². The van der Waals surface area contributed by atoms with E-state index in [4.69, 9.17) is 9.47 Å². The summed E-state index contributed by atoms with van der Waals surface area (Å²) in [6, 6.07) is 0. The smallest absolute Gasteiger partial charge is 0.0915 e. The van der Waals surface area contributed by atoms with Crippen LogP contribution in [0.2, 0.25) is 0 Å². The highest BCUT2D eigenvalue weighted by atomic mass is 16.5. The van der Waals surface area contributed by atoms with E-state index in [2.05, 4.69) is 68.4 Å². The van der Waals surface area contributed by atoms with E-state index in [0.717, 1.165) is 57.2 Å². The Morgan fingerprint density at radius 1 is 1.00 bits per heavy atom. The summed E-state index contributed by atoms with van der Waals surface area (Å²) in [5.41, 5.74) is 1.42. The molecular weight excluding hydrogens is 408 g/mol. The molecule has 0 amide bonds. The minimum Gasteiger partial charge on any atom is -0.390 e. The monoisotopic (exact) mass is 464 g/mol. The molecule has 2 saturated carbocycles. The minimum atomic E-state index is -0.354. The second kappa shape index (κ2) is 12.0. The van der Waals surface area contributed by atoms with Gasteiger partial charge in [-0.05, 0) is 109 Å². The Bertz CT molecular complexity index is 618. The van der Waals surface area contributed by atoms with E-state index in [-0.39, 0.29) is 17.3 Å². The summed E-state index contributed by atoms with van der Waals surface area (Å²) >= 11 is 0. The number of ether oxygens (including phenoxy) is 2. The van der Waals surface area contributed by atoms with Crippen molar-refractivity contribution in [1.82, 2.24) is 0 Å². The maximum Gasteiger partial charge on any atom is 0.0915 e. The van der Waals surface area contributed by atoms with Crippen LogP contribution >= 0.6 is 0 Å². The first-order chi connectivity index (χ1) is 15.3. The van der Waals surface area contributed by atoms with Crippen LogP contribution in [-0.2, 0) is 9.47 Å². The molecule has 3 heteroatoms. The van der Waals surface area contributed by atoms with Gasteiger partial charge in [-0.3, -0.25) is 0 Å². The van der Waals surface area contributed by atoms with E-state index < -0.39 is 0 Å². The third kappa shape index (κ3) is 8.97. The van der Waals surface area contributed by atoms with Gasteiger partial charge in [-0.25, -0.2) is 0 Å². The van der Waals surface area contributed by atoms with E-state index in [1.165, 1.54) is 31.3 Å². The molecule has 0 aliphatic heterocycles. The highest BCUT2D eigenvalue weighted by molar-refractivity contribution is 5.13. The number of hydrogen-bond donors (Lipinski definition) is 1. The molecule has 0 heterocycles. The fourth-order valence-electron chi connectivity index (χ4n) is 5.87. The Kier molecular flexibility index (Phi) is 10.5. The summed E-state index contributed by atoms with van der Waals surface area (Å²) in [6.45, 7) is 22.0. The van der Waals surface area contributed by atoms with E-state index in [0.29, 0.717) is 17.3 Å². The number of rotatable bonds is 15. The molecule has 3 nitrogen and oxygen atoms in total. The third-order valence-electron chi connectivity index (χ3n) is 8.93. The maximum absolute atomic E-state index is 10.7. The van der Waals surface area contributed by atoms with Crippen molar-refractivity contribution in [2.75, 3.05) is 13.2 Å². The van der Waals surface area contributed by atoms with Crippen LogP contribution in [0, 0.1) is 29.1 Å². The van der Waals surface area contributed by atoms with Gasteiger partial charge in [-0.15, -0.1) is 0 Å². The summed E-state index contributed by atoms with van der Waals surface area (Å²) in [4.78, 5) is 0. The molecule has 2 rings (SSSR count). The molecule has 194 valence electrons. The van der Waals surface area contributed by atoms with Crippen LogP contribution in [0.15, 0.2) is 11.6 Å². The van der Waals surface area contributed by atoms with Gasteiger partial charge < -0.3 is 14.6 Å². The normalized spacial score (nSPS) is 30.4. The van der Waals surface area contributed by atoms with Gasteiger partial charge in [-0.2, -0.15) is 0 Å². The second-order valence-corrected chi connectivity index (χ2v) is 13.3. The minimum absolute atomic E-state index is 0.0385. The summed E-state index contributed by atoms with van der Waals surface area (Å²) in [6.07, 6.45) is 12.1. The number of hydrogen-bond acceptors (Lipinski definition) is 3. The zero-order valence-electron chi connectivity index (χ0n) is 23.5. The van der Waals surface area contributed by atoms with E-state index in [1.54, 1.807) is 0 Å². The Labute approximate surface area is 206 Å². The zero-order chi connectivity index (χ0) is 24.9. The molecule has 2 fully saturated rings. The first-order valence-electron chi connectivity index (χ1n) is 13.9. The number of allylic oxidation sites excluding steroid dienone is 2. The van der Waals surface area contributed by atoms with Crippen molar-refractivity contribution < 1.29 is 14.6 Å². The third-order valence-corrected chi connectivity index (χ3v) is 8.93. The van der Waals surface area contributed by atoms with Gasteiger partial charge in [0.1, 0.15) is 0 Å². The summed E-state index contributed by atoms with van der Waals surface area (Å²) in [5, 5.41) is 10.7. The first kappa shape index (κ1) is 28.9. The summed E-state index contributed by atoms with van der Waals surface area (Å²) in [7, 11) is 0. The van der Waals surface area contributed by atoms with Gasteiger partial charge >= 0.3 is 0 Å². The SMILES string of the molecule is CC(C)=CCCC(C)CCOC(C)(C)CCCC(C)CCOC1(C)C[C@H]2[C@@H](C[C@H]1O)C2(C)C. The molecule has 0 aromatic carbocycles. The topological polar surface area (TPSA) is 38.7 Å². The maximum atomic E-state index is 10.7. The highest BCUT2D eigenvalue weighted by Crippen LogP contribution is 2.66. The summed E-state index contributed by atoms with van der Waals surface area (Å²) in [5.74, 6) is 2.79. The quantitative estimate of drug-likeness (QED) is 0.250. The van der Waals surface area contributed by atoms with Crippen LogP contribution in [0.4, 0.5) is 0 Å².